The SMILES string of the molecule is CC1=CC(=O)N(c2cc(C(C)(C)C)sc2C(=O)CN)C1=O. The van der Waals surface area contributed by atoms with Gasteiger partial charge in [-0.2, -0.15) is 0 Å². The van der Waals surface area contributed by atoms with Crippen LogP contribution in [0.15, 0.2) is 17.7 Å². The van der Waals surface area contributed by atoms with E-state index in [-0.39, 0.29) is 23.7 Å². The fraction of sp³-hybridized carbons (Fsp3) is 0.400. The zero-order chi connectivity index (χ0) is 15.9. The molecule has 1 aliphatic heterocycles. The number of amides is 2. The maximum atomic E-state index is 12.1. The first-order valence-corrected chi connectivity index (χ1v) is 7.42. The number of rotatable bonds is 3. The van der Waals surface area contributed by atoms with Crippen LogP contribution in [0.4, 0.5) is 5.69 Å². The molecule has 0 aliphatic carbocycles. The Morgan fingerprint density at radius 1 is 1.33 bits per heavy atom. The van der Waals surface area contributed by atoms with Gasteiger partial charge in [-0.1, -0.05) is 20.8 Å². The number of anilines is 1. The Morgan fingerprint density at radius 3 is 2.38 bits per heavy atom. The van der Waals surface area contributed by atoms with Crippen molar-refractivity contribution in [3.8, 4) is 0 Å². The van der Waals surface area contributed by atoms with E-state index in [0.29, 0.717) is 16.1 Å². The molecule has 0 fully saturated rings. The van der Waals surface area contributed by atoms with Crippen molar-refractivity contribution in [2.24, 2.45) is 5.73 Å². The third kappa shape index (κ3) is 2.69. The van der Waals surface area contributed by atoms with Gasteiger partial charge in [-0.3, -0.25) is 14.4 Å². The highest BCUT2D eigenvalue weighted by Crippen LogP contribution is 2.39. The van der Waals surface area contributed by atoms with Gasteiger partial charge in [0.25, 0.3) is 11.8 Å². The smallest absolute Gasteiger partial charge is 0.261 e. The van der Waals surface area contributed by atoms with Crippen molar-refractivity contribution in [2.75, 3.05) is 11.4 Å². The molecule has 0 saturated carbocycles. The molecule has 1 aliphatic rings. The van der Waals surface area contributed by atoms with Crippen LogP contribution in [0.1, 0.15) is 42.2 Å². The van der Waals surface area contributed by atoms with E-state index < -0.39 is 5.91 Å². The highest BCUT2D eigenvalue weighted by atomic mass is 32.1. The molecule has 1 aromatic rings. The van der Waals surface area contributed by atoms with Crippen LogP contribution in [0.2, 0.25) is 0 Å². The van der Waals surface area contributed by atoms with Crippen molar-refractivity contribution < 1.29 is 14.4 Å². The van der Waals surface area contributed by atoms with Gasteiger partial charge in [0.05, 0.1) is 17.1 Å². The minimum absolute atomic E-state index is 0.153. The van der Waals surface area contributed by atoms with Crippen molar-refractivity contribution in [1.82, 2.24) is 0 Å². The van der Waals surface area contributed by atoms with Crippen molar-refractivity contribution in [3.63, 3.8) is 0 Å². The molecule has 112 valence electrons. The number of nitrogens with two attached hydrogens (primary N) is 1. The Labute approximate surface area is 127 Å². The fourth-order valence-electron chi connectivity index (χ4n) is 2.03. The molecule has 0 bridgehead atoms. The first kappa shape index (κ1) is 15.6. The second-order valence-electron chi connectivity index (χ2n) is 6.01. The minimum Gasteiger partial charge on any atom is -0.324 e. The quantitative estimate of drug-likeness (QED) is 0.684. The summed E-state index contributed by atoms with van der Waals surface area (Å²) < 4.78 is 0. The van der Waals surface area contributed by atoms with Gasteiger partial charge in [-0.05, 0) is 18.4 Å². The van der Waals surface area contributed by atoms with Gasteiger partial charge >= 0.3 is 0 Å². The summed E-state index contributed by atoms with van der Waals surface area (Å²) in [5.41, 5.74) is 5.98. The number of hydrogen-bond donors (Lipinski definition) is 1. The van der Waals surface area contributed by atoms with E-state index >= 15 is 0 Å². The van der Waals surface area contributed by atoms with Crippen LogP contribution in [0.25, 0.3) is 0 Å². The highest BCUT2D eigenvalue weighted by molar-refractivity contribution is 7.15. The summed E-state index contributed by atoms with van der Waals surface area (Å²) in [6.45, 7) is 7.46. The topological polar surface area (TPSA) is 80.5 Å². The standard InChI is InChI=1S/C15H18N2O3S/c1-8-5-12(19)17(14(8)20)9-6-11(15(2,3)4)21-13(9)10(18)7-16/h5-6H,7,16H2,1-4H3. The lowest BCUT2D eigenvalue weighted by Crippen LogP contribution is -2.31. The molecule has 0 saturated heterocycles. The van der Waals surface area contributed by atoms with Gasteiger partial charge in [-0.15, -0.1) is 11.3 Å². The maximum Gasteiger partial charge on any atom is 0.261 e. The second-order valence-corrected chi connectivity index (χ2v) is 7.06. The number of nitrogens with zero attached hydrogens (tertiary/aromatic N) is 1. The first-order valence-electron chi connectivity index (χ1n) is 6.61. The molecule has 2 heterocycles. The Balaban J connectivity index is 2.58. The monoisotopic (exact) mass is 306 g/mol. The molecule has 0 atom stereocenters. The first-order chi connectivity index (χ1) is 9.66. The minimum atomic E-state index is -0.415. The lowest BCUT2D eigenvalue weighted by atomic mass is 9.94. The molecular weight excluding hydrogens is 288 g/mol. The molecule has 5 nitrogen and oxygen atoms in total. The lowest BCUT2D eigenvalue weighted by molar-refractivity contribution is -0.120. The van der Waals surface area contributed by atoms with E-state index in [4.69, 9.17) is 5.73 Å². The molecule has 0 radical (unpaired) electrons. The molecule has 1 aromatic heterocycles. The molecule has 2 rings (SSSR count). The number of carbonyl (C=O) groups excluding carboxylic acids is 3. The van der Waals surface area contributed by atoms with Crippen LogP contribution in [0, 0.1) is 0 Å². The number of imide groups is 1. The van der Waals surface area contributed by atoms with Gasteiger partial charge in [0, 0.05) is 16.5 Å². The Hall–Kier alpha value is -1.79. The molecule has 0 spiro atoms. The molecule has 0 aromatic carbocycles. The molecule has 2 amide bonds. The third-order valence-electron chi connectivity index (χ3n) is 3.23. The highest BCUT2D eigenvalue weighted by Gasteiger charge is 2.35. The van der Waals surface area contributed by atoms with Crippen LogP contribution in [0.5, 0.6) is 0 Å². The van der Waals surface area contributed by atoms with Crippen LogP contribution < -0.4 is 10.6 Å². The van der Waals surface area contributed by atoms with E-state index in [0.717, 1.165) is 9.78 Å². The summed E-state index contributed by atoms with van der Waals surface area (Å²) in [5.74, 6) is -1.07. The van der Waals surface area contributed by atoms with E-state index in [2.05, 4.69) is 0 Å². The van der Waals surface area contributed by atoms with Gasteiger partial charge in [-0.25, -0.2) is 4.90 Å². The summed E-state index contributed by atoms with van der Waals surface area (Å²) in [5, 5.41) is 0. The Kier molecular flexibility index (Phi) is 3.86. The zero-order valence-electron chi connectivity index (χ0n) is 12.5. The zero-order valence-corrected chi connectivity index (χ0v) is 13.3. The van der Waals surface area contributed by atoms with E-state index in [9.17, 15) is 14.4 Å². The maximum absolute atomic E-state index is 12.1. The van der Waals surface area contributed by atoms with Gasteiger partial charge < -0.3 is 5.73 Å². The fourth-order valence-corrected chi connectivity index (χ4v) is 3.17. The van der Waals surface area contributed by atoms with Crippen LogP contribution in [-0.2, 0) is 15.0 Å². The summed E-state index contributed by atoms with van der Waals surface area (Å²) in [6.07, 6.45) is 1.29. The number of Topliss-reactive ketones (excluding diaryl/α,β-unsaturated/α-hetero) is 1. The molecule has 2 N–H and O–H groups in total. The Morgan fingerprint density at radius 2 is 1.95 bits per heavy atom. The number of carbonyl (C=O) groups is 3. The number of hydrogen-bond acceptors (Lipinski definition) is 5. The van der Waals surface area contributed by atoms with Crippen molar-refractivity contribution in [3.05, 3.63) is 27.5 Å². The van der Waals surface area contributed by atoms with Crippen LogP contribution >= 0.6 is 11.3 Å². The van der Waals surface area contributed by atoms with Crippen molar-refractivity contribution in [2.45, 2.75) is 33.1 Å². The lowest BCUT2D eigenvalue weighted by Gasteiger charge is -2.16. The average Bonchev–Trinajstić information content (AvgIpc) is 2.91. The van der Waals surface area contributed by atoms with E-state index in [1.54, 1.807) is 13.0 Å². The summed E-state index contributed by atoms with van der Waals surface area (Å²) in [7, 11) is 0. The number of thiophene rings is 1. The van der Waals surface area contributed by atoms with E-state index in [1.165, 1.54) is 17.4 Å². The van der Waals surface area contributed by atoms with Gasteiger partial charge in [0.2, 0.25) is 0 Å². The molecule has 0 unspecified atom stereocenters. The molecule has 21 heavy (non-hydrogen) atoms. The predicted octanol–water partition coefficient (Wildman–Crippen LogP) is 2.01. The second kappa shape index (κ2) is 5.20. The summed E-state index contributed by atoms with van der Waals surface area (Å²) in [4.78, 5) is 38.5. The van der Waals surface area contributed by atoms with E-state index in [1.807, 2.05) is 20.8 Å². The molecular formula is C15H18N2O3S. The summed E-state index contributed by atoms with van der Waals surface area (Å²) in [6, 6.07) is 1.75. The number of ketones is 1. The van der Waals surface area contributed by atoms with Crippen molar-refractivity contribution >= 4 is 34.6 Å². The average molecular weight is 306 g/mol. The largest absolute Gasteiger partial charge is 0.324 e. The third-order valence-corrected chi connectivity index (χ3v) is 4.82. The summed E-state index contributed by atoms with van der Waals surface area (Å²) >= 11 is 1.29. The Bertz CT molecular complexity index is 665. The van der Waals surface area contributed by atoms with Gasteiger partial charge in [0.1, 0.15) is 0 Å². The molecule has 6 heteroatoms. The normalized spacial score (nSPS) is 15.7. The van der Waals surface area contributed by atoms with Gasteiger partial charge in [0.15, 0.2) is 5.78 Å². The van der Waals surface area contributed by atoms with Crippen LogP contribution in [0.3, 0.4) is 0 Å². The predicted molar refractivity (Wildman–Crippen MR) is 82.7 cm³/mol. The van der Waals surface area contributed by atoms with Crippen LogP contribution in [-0.4, -0.2) is 24.1 Å². The van der Waals surface area contributed by atoms with Crippen molar-refractivity contribution in [1.29, 1.82) is 0 Å².